The van der Waals surface area contributed by atoms with E-state index in [0.29, 0.717) is 36.5 Å². The monoisotopic (exact) mass is 446 g/mol. The minimum absolute atomic E-state index is 0.0476. The van der Waals surface area contributed by atoms with Gasteiger partial charge in [0.15, 0.2) is 0 Å². The fraction of sp³-hybridized carbons (Fsp3) is 0.880. The van der Waals surface area contributed by atoms with Crippen molar-refractivity contribution >= 4 is 17.8 Å². The van der Waals surface area contributed by atoms with Crippen LogP contribution in [0.3, 0.4) is 0 Å². The summed E-state index contributed by atoms with van der Waals surface area (Å²) in [6, 6.07) is 0. The summed E-state index contributed by atoms with van der Waals surface area (Å²) < 4.78 is 11.5. The highest BCUT2D eigenvalue weighted by molar-refractivity contribution is 5.73. The van der Waals surface area contributed by atoms with Gasteiger partial charge < -0.3 is 9.47 Å². The molecule has 0 aromatic rings. The van der Waals surface area contributed by atoms with E-state index < -0.39 is 5.72 Å². The molecular formula is C25H38N2O5. The summed E-state index contributed by atoms with van der Waals surface area (Å²) in [6.07, 6.45) is 8.80. The molecule has 4 aliphatic rings. The number of ether oxygens (including phenoxy) is 2. The number of fused-ring (bicyclic) bond motifs is 5. The highest BCUT2D eigenvalue weighted by Crippen LogP contribution is 2.67. The third-order valence-corrected chi connectivity index (χ3v) is 9.61. The first-order valence-corrected chi connectivity index (χ1v) is 12.3. The van der Waals surface area contributed by atoms with Crippen molar-refractivity contribution in [2.75, 3.05) is 0 Å². The molecule has 0 aromatic heterocycles. The maximum atomic E-state index is 11.9. The second-order valence-electron chi connectivity index (χ2n) is 11.3. The first kappa shape index (κ1) is 23.4. The molecule has 4 fully saturated rings. The lowest BCUT2D eigenvalue weighted by atomic mass is 9.44. The zero-order valence-corrected chi connectivity index (χ0v) is 20.2. The van der Waals surface area contributed by atoms with Crippen LogP contribution in [-0.4, -0.2) is 29.7 Å². The standard InChI is InChI=1S/C25H38N2O5/c1-15(28)26-27-25(32-17(3)30)13-12-23(4)18(14-25)6-7-19-20-8-9-22(31-16(2)29)24(20,5)11-10-21(19)23/h18-22H,6-14H2,1-5H3. The van der Waals surface area contributed by atoms with E-state index in [1.165, 1.54) is 20.8 Å². The molecule has 0 aliphatic heterocycles. The van der Waals surface area contributed by atoms with Crippen LogP contribution in [0, 0.1) is 34.5 Å². The predicted octanol–water partition coefficient (Wildman–Crippen LogP) is 5.22. The van der Waals surface area contributed by atoms with Crippen molar-refractivity contribution in [1.82, 2.24) is 0 Å². The van der Waals surface area contributed by atoms with Crippen molar-refractivity contribution in [2.45, 2.75) is 104 Å². The molecule has 0 aromatic carbocycles. The number of nitrogens with zero attached hydrogens (tertiary/aromatic N) is 2. The normalized spacial score (nSPS) is 45.5. The van der Waals surface area contributed by atoms with E-state index in [9.17, 15) is 14.4 Å². The van der Waals surface area contributed by atoms with Gasteiger partial charge in [0.25, 0.3) is 5.91 Å². The molecule has 32 heavy (non-hydrogen) atoms. The molecule has 8 atom stereocenters. The Hall–Kier alpha value is -1.79. The van der Waals surface area contributed by atoms with E-state index in [4.69, 9.17) is 9.47 Å². The molecule has 0 saturated heterocycles. The molecule has 7 nitrogen and oxygen atoms in total. The third-order valence-electron chi connectivity index (χ3n) is 9.61. The van der Waals surface area contributed by atoms with Crippen molar-refractivity contribution in [3.05, 3.63) is 0 Å². The zero-order chi connectivity index (χ0) is 23.3. The minimum atomic E-state index is -1.01. The van der Waals surface area contributed by atoms with Gasteiger partial charge in [0, 0.05) is 39.0 Å². The topological polar surface area (TPSA) is 94.4 Å². The largest absolute Gasteiger partial charge is 0.462 e. The van der Waals surface area contributed by atoms with Gasteiger partial charge in [0.2, 0.25) is 5.72 Å². The van der Waals surface area contributed by atoms with Crippen LogP contribution in [0.5, 0.6) is 0 Å². The summed E-state index contributed by atoms with van der Waals surface area (Å²) in [4.78, 5) is 35.0. The van der Waals surface area contributed by atoms with Crippen LogP contribution in [0.1, 0.15) is 92.4 Å². The Morgan fingerprint density at radius 3 is 2.19 bits per heavy atom. The highest BCUT2D eigenvalue weighted by Gasteiger charge is 2.62. The molecule has 0 heterocycles. The van der Waals surface area contributed by atoms with Gasteiger partial charge in [-0.15, -0.1) is 10.2 Å². The number of esters is 2. The lowest BCUT2D eigenvalue weighted by Gasteiger charge is -2.61. The average Bonchev–Trinajstić information content (AvgIpc) is 3.02. The maximum absolute atomic E-state index is 11.9. The maximum Gasteiger partial charge on any atom is 0.304 e. The quantitative estimate of drug-likeness (QED) is 0.438. The first-order chi connectivity index (χ1) is 15.0. The number of rotatable bonds is 3. The van der Waals surface area contributed by atoms with Gasteiger partial charge in [0.1, 0.15) is 6.10 Å². The molecule has 4 aliphatic carbocycles. The van der Waals surface area contributed by atoms with Gasteiger partial charge in [-0.3, -0.25) is 14.4 Å². The summed E-state index contributed by atoms with van der Waals surface area (Å²) in [6.45, 7) is 9.06. The van der Waals surface area contributed by atoms with E-state index in [-0.39, 0.29) is 34.8 Å². The molecule has 4 rings (SSSR count). The SMILES string of the molecule is CC(=O)N=NC1(OC(C)=O)CCC2(C)C(CCC3C2CCC2(C)C(OC(C)=O)CCC32)C1. The van der Waals surface area contributed by atoms with Crippen LogP contribution in [0.2, 0.25) is 0 Å². The molecule has 0 N–H and O–H groups in total. The first-order valence-electron chi connectivity index (χ1n) is 12.3. The van der Waals surface area contributed by atoms with E-state index in [0.717, 1.165) is 44.9 Å². The van der Waals surface area contributed by atoms with E-state index in [1.54, 1.807) is 0 Å². The minimum Gasteiger partial charge on any atom is -0.462 e. The van der Waals surface area contributed by atoms with E-state index >= 15 is 0 Å². The lowest BCUT2D eigenvalue weighted by Crippen LogP contribution is -2.56. The summed E-state index contributed by atoms with van der Waals surface area (Å²) in [5, 5.41) is 8.03. The summed E-state index contributed by atoms with van der Waals surface area (Å²) in [7, 11) is 0. The second kappa shape index (κ2) is 8.21. The number of azo groups is 1. The Morgan fingerprint density at radius 2 is 1.53 bits per heavy atom. The second-order valence-corrected chi connectivity index (χ2v) is 11.3. The summed E-state index contributed by atoms with van der Waals surface area (Å²) in [5.74, 6) is 1.35. The van der Waals surface area contributed by atoms with Crippen LogP contribution >= 0.6 is 0 Å². The number of carbonyl (C=O) groups excluding carboxylic acids is 3. The fourth-order valence-corrected chi connectivity index (χ4v) is 8.19. The van der Waals surface area contributed by atoms with E-state index in [1.807, 2.05) is 0 Å². The van der Waals surface area contributed by atoms with Crippen LogP contribution in [-0.2, 0) is 23.9 Å². The molecule has 0 spiro atoms. The van der Waals surface area contributed by atoms with Gasteiger partial charge >= 0.3 is 11.9 Å². The Labute approximate surface area is 191 Å². The zero-order valence-electron chi connectivity index (χ0n) is 20.2. The number of hydrogen-bond acceptors (Lipinski definition) is 6. The van der Waals surface area contributed by atoms with Gasteiger partial charge in [-0.2, -0.15) is 0 Å². The number of carbonyl (C=O) groups is 3. The molecule has 0 radical (unpaired) electrons. The number of amides is 1. The Morgan fingerprint density at radius 1 is 0.812 bits per heavy atom. The molecule has 7 heteroatoms. The Balaban J connectivity index is 1.55. The van der Waals surface area contributed by atoms with Crippen LogP contribution in [0.25, 0.3) is 0 Å². The van der Waals surface area contributed by atoms with Crippen LogP contribution in [0.15, 0.2) is 10.2 Å². The van der Waals surface area contributed by atoms with Crippen molar-refractivity contribution in [3.8, 4) is 0 Å². The van der Waals surface area contributed by atoms with Crippen molar-refractivity contribution < 1.29 is 23.9 Å². The average molecular weight is 447 g/mol. The molecule has 178 valence electrons. The van der Waals surface area contributed by atoms with Gasteiger partial charge in [-0.25, -0.2) is 0 Å². The molecule has 4 saturated carbocycles. The Kier molecular flexibility index (Phi) is 6.00. The molecular weight excluding hydrogens is 408 g/mol. The predicted molar refractivity (Wildman–Crippen MR) is 117 cm³/mol. The molecule has 8 unspecified atom stereocenters. The van der Waals surface area contributed by atoms with Crippen molar-refractivity contribution in [3.63, 3.8) is 0 Å². The highest BCUT2D eigenvalue weighted by atomic mass is 16.6. The fourth-order valence-electron chi connectivity index (χ4n) is 8.19. The summed E-state index contributed by atoms with van der Waals surface area (Å²) >= 11 is 0. The van der Waals surface area contributed by atoms with Crippen molar-refractivity contribution in [1.29, 1.82) is 0 Å². The molecule has 1 amide bonds. The lowest BCUT2D eigenvalue weighted by molar-refractivity contribution is -0.185. The van der Waals surface area contributed by atoms with Crippen molar-refractivity contribution in [2.24, 2.45) is 44.7 Å². The smallest absolute Gasteiger partial charge is 0.304 e. The van der Waals surface area contributed by atoms with Gasteiger partial charge in [-0.1, -0.05) is 13.8 Å². The van der Waals surface area contributed by atoms with Gasteiger partial charge in [-0.05, 0) is 74.0 Å². The Bertz CT molecular complexity index is 827. The molecule has 0 bridgehead atoms. The summed E-state index contributed by atoms with van der Waals surface area (Å²) in [5.41, 5.74) is -0.757. The third kappa shape index (κ3) is 3.90. The van der Waals surface area contributed by atoms with Gasteiger partial charge in [0.05, 0.1) is 0 Å². The number of hydrogen-bond donors (Lipinski definition) is 0. The van der Waals surface area contributed by atoms with Crippen LogP contribution in [0.4, 0.5) is 0 Å². The van der Waals surface area contributed by atoms with Crippen LogP contribution < -0.4 is 0 Å². The van der Waals surface area contributed by atoms with E-state index in [2.05, 4.69) is 24.1 Å².